The van der Waals surface area contributed by atoms with E-state index >= 15 is 0 Å². The highest BCUT2D eigenvalue weighted by Gasteiger charge is 2.29. The van der Waals surface area contributed by atoms with Crippen LogP contribution in [-0.2, 0) is 0 Å². The molecule has 6 nitrogen and oxygen atoms in total. The highest BCUT2D eigenvalue weighted by Crippen LogP contribution is 2.29. The van der Waals surface area contributed by atoms with E-state index in [4.69, 9.17) is 11.6 Å². The third-order valence-corrected chi connectivity index (χ3v) is 2.95. The molecule has 1 amide bonds. The zero-order valence-corrected chi connectivity index (χ0v) is 12.3. The van der Waals surface area contributed by atoms with Gasteiger partial charge >= 0.3 is 5.69 Å². The summed E-state index contributed by atoms with van der Waals surface area (Å²) in [5, 5.41) is 20.8. The second kappa shape index (κ2) is 6.19. The number of nitro groups is 1. The Morgan fingerprint density at radius 1 is 1.50 bits per heavy atom. The van der Waals surface area contributed by atoms with Gasteiger partial charge in [0.05, 0.1) is 10.5 Å². The van der Waals surface area contributed by atoms with Gasteiger partial charge in [0.25, 0.3) is 5.91 Å². The highest BCUT2D eigenvalue weighted by atomic mass is 35.5. The van der Waals surface area contributed by atoms with Gasteiger partial charge in [0, 0.05) is 13.1 Å². The molecule has 0 heterocycles. The summed E-state index contributed by atoms with van der Waals surface area (Å²) >= 11 is 5.79. The van der Waals surface area contributed by atoms with Crippen molar-refractivity contribution < 1.29 is 14.8 Å². The van der Waals surface area contributed by atoms with E-state index in [9.17, 15) is 20.0 Å². The number of rotatable bonds is 5. The molecule has 0 spiro atoms. The minimum Gasteiger partial charge on any atom is -0.389 e. The maximum absolute atomic E-state index is 12.4. The topological polar surface area (TPSA) is 83.7 Å². The van der Waals surface area contributed by atoms with Crippen LogP contribution in [0.5, 0.6) is 0 Å². The van der Waals surface area contributed by atoms with Crippen LogP contribution in [0.3, 0.4) is 0 Å². The molecule has 0 aliphatic heterocycles. The predicted molar refractivity (Wildman–Crippen MR) is 76.0 cm³/mol. The van der Waals surface area contributed by atoms with Gasteiger partial charge in [0.2, 0.25) is 0 Å². The van der Waals surface area contributed by atoms with Crippen LogP contribution in [0.15, 0.2) is 18.2 Å². The summed E-state index contributed by atoms with van der Waals surface area (Å²) in [7, 11) is 0. The van der Waals surface area contributed by atoms with Gasteiger partial charge < -0.3 is 10.0 Å². The molecule has 0 bridgehead atoms. The van der Waals surface area contributed by atoms with Crippen molar-refractivity contribution in [2.45, 2.75) is 26.4 Å². The number of carbonyl (C=O) groups is 1. The molecule has 20 heavy (non-hydrogen) atoms. The molecule has 110 valence electrons. The Balaban J connectivity index is 3.20. The standard InChI is InChI=1S/C13H17ClN2O4/c1-4-15(8-13(2,3)18)12(17)9-6-5-7-10(14)11(9)16(19)20/h5-7,18H,4,8H2,1-3H3. The fourth-order valence-electron chi connectivity index (χ4n) is 1.84. The van der Waals surface area contributed by atoms with Gasteiger partial charge in [-0.25, -0.2) is 0 Å². The third-order valence-electron chi connectivity index (χ3n) is 2.65. The molecular formula is C13H17ClN2O4. The van der Waals surface area contributed by atoms with Gasteiger partial charge in [0.1, 0.15) is 10.6 Å². The Bertz CT molecular complexity index is 526. The molecule has 0 aromatic heterocycles. The summed E-state index contributed by atoms with van der Waals surface area (Å²) in [5.74, 6) is -0.524. The zero-order chi connectivity index (χ0) is 15.5. The SMILES string of the molecule is CCN(CC(C)(C)O)C(=O)c1cccc(Cl)c1[N+](=O)[O-]. The molecule has 1 aromatic rings. The normalized spacial score (nSPS) is 11.2. The summed E-state index contributed by atoms with van der Waals surface area (Å²) < 4.78 is 0. The van der Waals surface area contributed by atoms with E-state index in [1.165, 1.54) is 23.1 Å². The molecule has 1 N–H and O–H groups in total. The molecular weight excluding hydrogens is 284 g/mol. The third kappa shape index (κ3) is 3.91. The fraction of sp³-hybridized carbons (Fsp3) is 0.462. The van der Waals surface area contributed by atoms with E-state index in [2.05, 4.69) is 0 Å². The van der Waals surface area contributed by atoms with Crippen molar-refractivity contribution in [1.29, 1.82) is 0 Å². The second-order valence-corrected chi connectivity index (χ2v) is 5.43. The van der Waals surface area contributed by atoms with Crippen LogP contribution in [0.4, 0.5) is 5.69 Å². The van der Waals surface area contributed by atoms with Crippen LogP contribution in [-0.4, -0.2) is 39.5 Å². The fourth-order valence-corrected chi connectivity index (χ4v) is 2.08. The predicted octanol–water partition coefficient (Wildman–Crippen LogP) is 2.48. The van der Waals surface area contributed by atoms with Gasteiger partial charge in [0.15, 0.2) is 0 Å². The van der Waals surface area contributed by atoms with E-state index < -0.39 is 22.1 Å². The number of hydrogen-bond donors (Lipinski definition) is 1. The molecule has 0 aliphatic rings. The summed E-state index contributed by atoms with van der Waals surface area (Å²) in [6.07, 6.45) is 0. The first-order chi connectivity index (χ1) is 9.17. The van der Waals surface area contributed by atoms with E-state index in [0.29, 0.717) is 6.54 Å². The molecule has 0 unspecified atom stereocenters. The number of benzene rings is 1. The van der Waals surface area contributed by atoms with Crippen molar-refractivity contribution >= 4 is 23.2 Å². The largest absolute Gasteiger partial charge is 0.389 e. The first-order valence-corrected chi connectivity index (χ1v) is 6.49. The molecule has 0 saturated carbocycles. The van der Waals surface area contributed by atoms with Gasteiger partial charge in [-0.05, 0) is 32.9 Å². The van der Waals surface area contributed by atoms with Crippen LogP contribution < -0.4 is 0 Å². The maximum atomic E-state index is 12.4. The molecule has 0 atom stereocenters. The van der Waals surface area contributed by atoms with E-state index in [1.54, 1.807) is 20.8 Å². The number of nitrogens with zero attached hydrogens (tertiary/aromatic N) is 2. The minimum atomic E-state index is -1.08. The number of likely N-dealkylation sites (N-methyl/N-ethyl adjacent to an activating group) is 1. The lowest BCUT2D eigenvalue weighted by Crippen LogP contribution is -2.42. The van der Waals surface area contributed by atoms with E-state index in [0.717, 1.165) is 0 Å². The lowest BCUT2D eigenvalue weighted by atomic mass is 10.1. The van der Waals surface area contributed by atoms with Crippen molar-refractivity contribution in [1.82, 2.24) is 4.90 Å². The highest BCUT2D eigenvalue weighted by molar-refractivity contribution is 6.33. The van der Waals surface area contributed by atoms with E-state index in [1.807, 2.05) is 0 Å². The van der Waals surface area contributed by atoms with Crippen LogP contribution >= 0.6 is 11.6 Å². The molecule has 7 heteroatoms. The zero-order valence-electron chi connectivity index (χ0n) is 11.6. The number of halogens is 1. The molecule has 0 fully saturated rings. The van der Waals surface area contributed by atoms with E-state index in [-0.39, 0.29) is 17.1 Å². The number of hydrogen-bond acceptors (Lipinski definition) is 4. The van der Waals surface area contributed by atoms with Gasteiger partial charge in [-0.2, -0.15) is 0 Å². The Labute approximate surface area is 122 Å². The van der Waals surface area contributed by atoms with Crippen LogP contribution in [0, 0.1) is 10.1 Å². The number of aliphatic hydroxyl groups is 1. The first kappa shape index (κ1) is 16.4. The Morgan fingerprint density at radius 2 is 2.10 bits per heavy atom. The smallest absolute Gasteiger partial charge is 0.300 e. The average molecular weight is 301 g/mol. The van der Waals surface area contributed by atoms with Crippen LogP contribution in [0.1, 0.15) is 31.1 Å². The number of carbonyl (C=O) groups excluding carboxylic acids is 1. The molecule has 0 radical (unpaired) electrons. The van der Waals surface area contributed by atoms with Crippen molar-refractivity contribution in [3.05, 3.63) is 38.9 Å². The molecule has 1 aromatic carbocycles. The van der Waals surface area contributed by atoms with Crippen molar-refractivity contribution in [2.24, 2.45) is 0 Å². The van der Waals surface area contributed by atoms with Crippen LogP contribution in [0.25, 0.3) is 0 Å². The number of nitro benzene ring substituents is 1. The Morgan fingerprint density at radius 3 is 2.55 bits per heavy atom. The van der Waals surface area contributed by atoms with Crippen molar-refractivity contribution in [2.75, 3.05) is 13.1 Å². The summed E-state index contributed by atoms with van der Waals surface area (Å²) in [4.78, 5) is 24.1. The van der Waals surface area contributed by atoms with Crippen LogP contribution in [0.2, 0.25) is 5.02 Å². The lowest BCUT2D eigenvalue weighted by molar-refractivity contribution is -0.385. The number of amides is 1. The van der Waals surface area contributed by atoms with Crippen molar-refractivity contribution in [3.63, 3.8) is 0 Å². The lowest BCUT2D eigenvalue weighted by Gasteiger charge is -2.28. The van der Waals surface area contributed by atoms with Gasteiger partial charge in [-0.15, -0.1) is 0 Å². The molecule has 0 saturated heterocycles. The Hall–Kier alpha value is -1.66. The Kier molecular flexibility index (Phi) is 5.08. The van der Waals surface area contributed by atoms with Gasteiger partial charge in [-0.1, -0.05) is 17.7 Å². The van der Waals surface area contributed by atoms with Crippen molar-refractivity contribution in [3.8, 4) is 0 Å². The average Bonchev–Trinajstić information content (AvgIpc) is 2.33. The second-order valence-electron chi connectivity index (χ2n) is 5.02. The molecule has 0 aliphatic carbocycles. The first-order valence-electron chi connectivity index (χ1n) is 6.12. The molecule has 1 rings (SSSR count). The quantitative estimate of drug-likeness (QED) is 0.669. The summed E-state index contributed by atoms with van der Waals surface area (Å²) in [6.45, 7) is 5.27. The number of para-hydroxylation sites is 1. The van der Waals surface area contributed by atoms with Gasteiger partial charge in [-0.3, -0.25) is 14.9 Å². The minimum absolute atomic E-state index is 0.0754. The summed E-state index contributed by atoms with van der Waals surface area (Å²) in [5.41, 5.74) is -1.57. The maximum Gasteiger partial charge on any atom is 0.300 e. The summed E-state index contributed by atoms with van der Waals surface area (Å²) in [6, 6.07) is 4.21. The monoisotopic (exact) mass is 300 g/mol.